The van der Waals surface area contributed by atoms with Crippen molar-refractivity contribution in [3.05, 3.63) is 75.3 Å². The van der Waals surface area contributed by atoms with Crippen molar-refractivity contribution in [2.45, 2.75) is 6.04 Å². The molecule has 0 aliphatic carbocycles. The van der Waals surface area contributed by atoms with Crippen molar-refractivity contribution in [1.29, 1.82) is 0 Å². The summed E-state index contributed by atoms with van der Waals surface area (Å²) in [7, 11) is 1.33. The standard InChI is InChI=1S/C16H13F2N3O4/c1-19-16(23)14(10-4-7-12(17)13(18)8-10)20-15(22)9-2-5-11(6-3-9)21(24)25/h2-8,14H,1H3,(H,19,23)(H,20,22). The fraction of sp³-hybridized carbons (Fsp3) is 0.125. The number of carbonyl (C=O) groups is 2. The van der Waals surface area contributed by atoms with E-state index in [2.05, 4.69) is 10.6 Å². The number of halogens is 2. The first-order valence-corrected chi connectivity index (χ1v) is 7.05. The number of carbonyl (C=O) groups excluding carboxylic acids is 2. The van der Waals surface area contributed by atoms with Gasteiger partial charge in [0.2, 0.25) is 5.91 Å². The normalized spacial score (nSPS) is 11.5. The van der Waals surface area contributed by atoms with Crippen LogP contribution in [0.25, 0.3) is 0 Å². The number of benzene rings is 2. The van der Waals surface area contributed by atoms with Crippen molar-refractivity contribution < 1.29 is 23.3 Å². The van der Waals surface area contributed by atoms with Crippen LogP contribution in [0.2, 0.25) is 0 Å². The van der Waals surface area contributed by atoms with Crippen molar-refractivity contribution in [3.63, 3.8) is 0 Å². The highest BCUT2D eigenvalue weighted by atomic mass is 19.2. The van der Waals surface area contributed by atoms with E-state index in [4.69, 9.17) is 0 Å². The smallest absolute Gasteiger partial charge is 0.269 e. The number of hydrogen-bond donors (Lipinski definition) is 2. The second-order valence-electron chi connectivity index (χ2n) is 5.00. The predicted octanol–water partition coefficient (Wildman–Crippen LogP) is 2.09. The molecule has 2 N–H and O–H groups in total. The van der Waals surface area contributed by atoms with Gasteiger partial charge in [-0.15, -0.1) is 0 Å². The van der Waals surface area contributed by atoms with Gasteiger partial charge in [0.15, 0.2) is 11.6 Å². The molecular weight excluding hydrogens is 336 g/mol. The number of nitro groups is 1. The molecule has 130 valence electrons. The maximum Gasteiger partial charge on any atom is 0.269 e. The molecule has 7 nitrogen and oxygen atoms in total. The fourth-order valence-corrected chi connectivity index (χ4v) is 2.09. The molecule has 1 atom stereocenters. The van der Waals surface area contributed by atoms with Gasteiger partial charge in [0.25, 0.3) is 11.6 Å². The number of likely N-dealkylation sites (N-methyl/N-ethyl adjacent to an activating group) is 1. The fourth-order valence-electron chi connectivity index (χ4n) is 2.09. The molecule has 0 saturated carbocycles. The van der Waals surface area contributed by atoms with Crippen molar-refractivity contribution in [2.24, 2.45) is 0 Å². The average molecular weight is 349 g/mol. The van der Waals surface area contributed by atoms with Gasteiger partial charge >= 0.3 is 0 Å². The van der Waals surface area contributed by atoms with Gasteiger partial charge in [-0.1, -0.05) is 6.07 Å². The number of hydrogen-bond acceptors (Lipinski definition) is 4. The summed E-state index contributed by atoms with van der Waals surface area (Å²) >= 11 is 0. The lowest BCUT2D eigenvalue weighted by atomic mass is 10.0. The van der Waals surface area contributed by atoms with Crippen LogP contribution in [0, 0.1) is 21.7 Å². The van der Waals surface area contributed by atoms with Gasteiger partial charge in [0.05, 0.1) is 4.92 Å². The minimum atomic E-state index is -1.26. The maximum atomic E-state index is 13.4. The van der Waals surface area contributed by atoms with Gasteiger partial charge < -0.3 is 10.6 Å². The first kappa shape index (κ1) is 18.0. The minimum Gasteiger partial charge on any atom is -0.357 e. The lowest BCUT2D eigenvalue weighted by Crippen LogP contribution is -2.39. The van der Waals surface area contributed by atoms with Gasteiger partial charge in [-0.2, -0.15) is 0 Å². The van der Waals surface area contributed by atoms with E-state index in [1.165, 1.54) is 25.2 Å². The molecule has 0 heterocycles. The molecule has 0 saturated heterocycles. The molecule has 0 radical (unpaired) electrons. The second-order valence-corrected chi connectivity index (χ2v) is 5.00. The molecule has 2 aromatic carbocycles. The van der Waals surface area contributed by atoms with Crippen LogP contribution in [-0.2, 0) is 4.79 Å². The summed E-state index contributed by atoms with van der Waals surface area (Å²) in [5, 5.41) is 15.3. The van der Waals surface area contributed by atoms with Crippen molar-refractivity contribution >= 4 is 17.5 Å². The second kappa shape index (κ2) is 7.47. The van der Waals surface area contributed by atoms with E-state index in [1.807, 2.05) is 0 Å². The van der Waals surface area contributed by atoms with Crippen LogP contribution in [-0.4, -0.2) is 23.8 Å². The summed E-state index contributed by atoms with van der Waals surface area (Å²) in [6.45, 7) is 0. The van der Waals surface area contributed by atoms with E-state index >= 15 is 0 Å². The summed E-state index contributed by atoms with van der Waals surface area (Å²) in [4.78, 5) is 34.2. The van der Waals surface area contributed by atoms with Gasteiger partial charge in [-0.25, -0.2) is 8.78 Å². The van der Waals surface area contributed by atoms with Gasteiger partial charge in [0, 0.05) is 24.7 Å². The number of non-ortho nitro benzene ring substituents is 1. The van der Waals surface area contributed by atoms with E-state index < -0.39 is 34.4 Å². The van der Waals surface area contributed by atoms with Crippen molar-refractivity contribution in [1.82, 2.24) is 10.6 Å². The van der Waals surface area contributed by atoms with E-state index in [0.29, 0.717) is 0 Å². The lowest BCUT2D eigenvalue weighted by Gasteiger charge is -2.18. The van der Waals surface area contributed by atoms with E-state index in [-0.39, 0.29) is 16.8 Å². The number of nitrogens with one attached hydrogen (secondary N) is 2. The number of amides is 2. The number of nitro benzene ring substituents is 1. The molecule has 0 aromatic heterocycles. The first-order valence-electron chi connectivity index (χ1n) is 7.05. The molecule has 0 bridgehead atoms. The van der Waals surface area contributed by atoms with Gasteiger partial charge in [-0.05, 0) is 29.8 Å². The Labute approximate surface area is 140 Å². The van der Waals surface area contributed by atoms with Crippen LogP contribution >= 0.6 is 0 Å². The highest BCUT2D eigenvalue weighted by molar-refractivity contribution is 5.98. The third-order valence-electron chi connectivity index (χ3n) is 3.40. The van der Waals surface area contributed by atoms with Crippen molar-refractivity contribution in [3.8, 4) is 0 Å². The Kier molecular flexibility index (Phi) is 5.38. The quantitative estimate of drug-likeness (QED) is 0.637. The number of rotatable bonds is 5. The lowest BCUT2D eigenvalue weighted by molar-refractivity contribution is -0.384. The minimum absolute atomic E-state index is 0.0495. The molecule has 25 heavy (non-hydrogen) atoms. The topological polar surface area (TPSA) is 101 Å². The zero-order chi connectivity index (χ0) is 18.6. The number of nitrogens with zero attached hydrogens (tertiary/aromatic N) is 1. The SMILES string of the molecule is CNC(=O)C(NC(=O)c1ccc([N+](=O)[O-])cc1)c1ccc(F)c(F)c1. The van der Waals surface area contributed by atoms with Crippen LogP contribution in [0.15, 0.2) is 42.5 Å². The Morgan fingerprint density at radius 1 is 1.08 bits per heavy atom. The third kappa shape index (κ3) is 4.14. The summed E-state index contributed by atoms with van der Waals surface area (Å²) in [6.07, 6.45) is 0. The van der Waals surface area contributed by atoms with Crippen LogP contribution in [0.5, 0.6) is 0 Å². The van der Waals surface area contributed by atoms with Gasteiger partial charge in [0.1, 0.15) is 6.04 Å². The zero-order valence-corrected chi connectivity index (χ0v) is 13.0. The Morgan fingerprint density at radius 3 is 2.24 bits per heavy atom. The van der Waals surface area contributed by atoms with E-state index in [1.54, 1.807) is 0 Å². The van der Waals surface area contributed by atoms with Crippen molar-refractivity contribution in [2.75, 3.05) is 7.05 Å². The molecular formula is C16H13F2N3O4. The molecule has 0 fully saturated rings. The zero-order valence-electron chi connectivity index (χ0n) is 13.0. The maximum absolute atomic E-state index is 13.4. The van der Waals surface area contributed by atoms with Crippen LogP contribution in [0.4, 0.5) is 14.5 Å². The Balaban J connectivity index is 2.27. The largest absolute Gasteiger partial charge is 0.357 e. The molecule has 2 rings (SSSR count). The van der Waals surface area contributed by atoms with Crippen LogP contribution < -0.4 is 10.6 Å². The monoisotopic (exact) mass is 349 g/mol. The highest BCUT2D eigenvalue weighted by Gasteiger charge is 2.23. The molecule has 2 aromatic rings. The van der Waals surface area contributed by atoms with Crippen LogP contribution in [0.3, 0.4) is 0 Å². The van der Waals surface area contributed by atoms with Crippen LogP contribution in [0.1, 0.15) is 22.0 Å². The van der Waals surface area contributed by atoms with E-state index in [9.17, 15) is 28.5 Å². The molecule has 0 aliphatic rings. The van der Waals surface area contributed by atoms with Gasteiger partial charge in [-0.3, -0.25) is 19.7 Å². The summed E-state index contributed by atoms with van der Waals surface area (Å²) in [5.74, 6) is -3.58. The molecule has 9 heteroatoms. The predicted molar refractivity (Wildman–Crippen MR) is 83.7 cm³/mol. The Morgan fingerprint density at radius 2 is 1.72 bits per heavy atom. The highest BCUT2D eigenvalue weighted by Crippen LogP contribution is 2.18. The molecule has 1 unspecified atom stereocenters. The summed E-state index contributed by atoms with van der Waals surface area (Å²) in [6, 6.07) is 6.29. The third-order valence-corrected chi connectivity index (χ3v) is 3.40. The summed E-state index contributed by atoms with van der Waals surface area (Å²) in [5.41, 5.74) is -0.0735. The molecule has 0 spiro atoms. The Bertz CT molecular complexity index is 825. The molecule has 2 amide bonds. The average Bonchev–Trinajstić information content (AvgIpc) is 2.61. The first-order chi connectivity index (χ1) is 11.8. The summed E-state index contributed by atoms with van der Waals surface area (Å²) < 4.78 is 26.5. The van der Waals surface area contributed by atoms with E-state index in [0.717, 1.165) is 24.3 Å². The Hall–Kier alpha value is -3.36. The molecule has 0 aliphatic heterocycles.